The average Bonchev–Trinajstić information content (AvgIpc) is 2.73. The van der Waals surface area contributed by atoms with Gasteiger partial charge < -0.3 is 19.7 Å². The Balaban J connectivity index is 1.37. The van der Waals surface area contributed by atoms with Gasteiger partial charge in [0, 0.05) is 19.1 Å². The van der Waals surface area contributed by atoms with Gasteiger partial charge in [0.1, 0.15) is 6.61 Å². The second-order valence-electron chi connectivity index (χ2n) is 7.83. The fourth-order valence-electron chi connectivity index (χ4n) is 4.31. The topological polar surface area (TPSA) is 33.7 Å². The van der Waals surface area contributed by atoms with Gasteiger partial charge in [0.2, 0.25) is 0 Å². The van der Waals surface area contributed by atoms with Crippen LogP contribution < -0.4 is 14.8 Å². The van der Waals surface area contributed by atoms with Crippen molar-refractivity contribution in [3.63, 3.8) is 0 Å². The summed E-state index contributed by atoms with van der Waals surface area (Å²) in [5, 5.41) is 3.77. The first kappa shape index (κ1) is 18.3. The van der Waals surface area contributed by atoms with E-state index in [4.69, 9.17) is 9.47 Å². The number of ether oxygens (including phenoxy) is 2. The Morgan fingerprint density at radius 2 is 1.89 bits per heavy atom. The van der Waals surface area contributed by atoms with Crippen LogP contribution in [0.15, 0.2) is 42.5 Å². The van der Waals surface area contributed by atoms with Gasteiger partial charge in [0.25, 0.3) is 0 Å². The van der Waals surface area contributed by atoms with Crippen molar-refractivity contribution in [1.82, 2.24) is 10.2 Å². The molecule has 2 bridgehead atoms. The zero-order chi connectivity index (χ0) is 18.6. The maximum Gasteiger partial charge on any atom is 0.161 e. The minimum Gasteiger partial charge on any atom is -0.493 e. The van der Waals surface area contributed by atoms with E-state index in [-0.39, 0.29) is 0 Å². The number of nitrogens with one attached hydrogen (secondary N) is 1. The summed E-state index contributed by atoms with van der Waals surface area (Å²) in [5.74, 6) is 2.44. The molecule has 5 rings (SSSR count). The summed E-state index contributed by atoms with van der Waals surface area (Å²) in [4.78, 5) is 2.58. The number of hydrogen-bond acceptors (Lipinski definition) is 4. The van der Waals surface area contributed by atoms with Gasteiger partial charge in [-0.05, 0) is 67.6 Å². The highest BCUT2D eigenvalue weighted by Crippen LogP contribution is 2.30. The van der Waals surface area contributed by atoms with E-state index in [1.165, 1.54) is 49.2 Å². The Kier molecular flexibility index (Phi) is 5.65. The monoisotopic (exact) mass is 366 g/mol. The molecule has 3 saturated heterocycles. The summed E-state index contributed by atoms with van der Waals surface area (Å²) in [6, 6.07) is 15.2. The van der Waals surface area contributed by atoms with Crippen LogP contribution in [0.3, 0.4) is 0 Å². The van der Waals surface area contributed by atoms with Gasteiger partial charge in [-0.1, -0.05) is 30.3 Å². The van der Waals surface area contributed by atoms with Gasteiger partial charge in [0.15, 0.2) is 11.5 Å². The highest BCUT2D eigenvalue weighted by molar-refractivity contribution is 5.43. The van der Waals surface area contributed by atoms with Crippen LogP contribution in [0.2, 0.25) is 0 Å². The highest BCUT2D eigenvalue weighted by atomic mass is 16.5. The van der Waals surface area contributed by atoms with Crippen LogP contribution in [0, 0.1) is 12.8 Å². The van der Waals surface area contributed by atoms with Crippen molar-refractivity contribution in [1.29, 1.82) is 0 Å². The van der Waals surface area contributed by atoms with Gasteiger partial charge in [-0.25, -0.2) is 0 Å². The molecule has 2 aromatic rings. The summed E-state index contributed by atoms with van der Waals surface area (Å²) in [5.41, 5.74) is 3.69. The van der Waals surface area contributed by atoms with Gasteiger partial charge in [-0.3, -0.25) is 0 Å². The molecule has 3 aliphatic heterocycles. The molecule has 144 valence electrons. The second-order valence-corrected chi connectivity index (χ2v) is 7.83. The first-order valence-corrected chi connectivity index (χ1v) is 10.0. The molecule has 1 unspecified atom stereocenters. The van der Waals surface area contributed by atoms with E-state index in [1.54, 1.807) is 7.11 Å². The fraction of sp³-hybridized carbons (Fsp3) is 0.478. The average molecular weight is 367 g/mol. The molecule has 0 radical (unpaired) electrons. The molecule has 0 amide bonds. The minimum atomic E-state index is 0.556. The number of hydrogen-bond donors (Lipinski definition) is 1. The van der Waals surface area contributed by atoms with Crippen LogP contribution >= 0.6 is 0 Å². The standard InChI is InChI=1S/C23H30N2O2/c1-17-5-3-4-6-20(17)16-27-22-8-7-18(13-23(22)26-2)14-24-21-15-25-11-9-19(21)10-12-25/h3-8,13,19,21,24H,9-12,14-16H2,1-2H3. The zero-order valence-electron chi connectivity index (χ0n) is 16.4. The largest absolute Gasteiger partial charge is 0.493 e. The summed E-state index contributed by atoms with van der Waals surface area (Å²) < 4.78 is 11.6. The number of benzene rings is 2. The molecule has 0 spiro atoms. The molecule has 4 nitrogen and oxygen atoms in total. The number of rotatable bonds is 7. The fourth-order valence-corrected chi connectivity index (χ4v) is 4.31. The SMILES string of the molecule is COc1cc(CNC2CN3CCC2CC3)ccc1OCc1ccccc1C. The van der Waals surface area contributed by atoms with Gasteiger partial charge in [-0.15, -0.1) is 0 Å². The number of fused-ring (bicyclic) bond motifs is 3. The molecule has 27 heavy (non-hydrogen) atoms. The quantitative estimate of drug-likeness (QED) is 0.809. The first-order chi connectivity index (χ1) is 13.2. The van der Waals surface area contributed by atoms with Crippen molar-refractivity contribution in [3.8, 4) is 11.5 Å². The van der Waals surface area contributed by atoms with Gasteiger partial charge in [0.05, 0.1) is 7.11 Å². The third kappa shape index (κ3) is 4.28. The number of nitrogens with zero attached hydrogens (tertiary/aromatic N) is 1. The van der Waals surface area contributed by atoms with Gasteiger partial charge in [-0.2, -0.15) is 0 Å². The van der Waals surface area contributed by atoms with Crippen LogP contribution in [0.4, 0.5) is 0 Å². The van der Waals surface area contributed by atoms with Crippen molar-refractivity contribution < 1.29 is 9.47 Å². The number of methoxy groups -OCH3 is 1. The Morgan fingerprint density at radius 1 is 1.07 bits per heavy atom. The summed E-state index contributed by atoms with van der Waals surface area (Å²) in [7, 11) is 1.71. The smallest absolute Gasteiger partial charge is 0.161 e. The summed E-state index contributed by atoms with van der Waals surface area (Å²) in [6.07, 6.45) is 2.68. The number of aryl methyl sites for hydroxylation is 1. The molecule has 0 aliphatic carbocycles. The van der Waals surface area contributed by atoms with E-state index in [0.717, 1.165) is 24.0 Å². The van der Waals surface area contributed by atoms with E-state index in [1.807, 2.05) is 12.1 Å². The number of piperidine rings is 3. The Labute approximate surface area is 162 Å². The second kappa shape index (κ2) is 8.32. The molecular weight excluding hydrogens is 336 g/mol. The van der Waals surface area contributed by atoms with Crippen LogP contribution in [0.25, 0.3) is 0 Å². The predicted molar refractivity (Wildman–Crippen MR) is 108 cm³/mol. The minimum absolute atomic E-state index is 0.556. The Hall–Kier alpha value is -2.04. The maximum absolute atomic E-state index is 6.03. The lowest BCUT2D eigenvalue weighted by molar-refractivity contribution is 0.0720. The maximum atomic E-state index is 6.03. The zero-order valence-corrected chi connectivity index (χ0v) is 16.4. The van der Waals surface area contributed by atoms with Crippen molar-refractivity contribution in [3.05, 3.63) is 59.2 Å². The van der Waals surface area contributed by atoms with E-state index < -0.39 is 0 Å². The van der Waals surface area contributed by atoms with E-state index in [9.17, 15) is 0 Å². The molecule has 0 aromatic heterocycles. The molecule has 0 saturated carbocycles. The van der Waals surface area contributed by atoms with Crippen molar-refractivity contribution >= 4 is 0 Å². The van der Waals surface area contributed by atoms with Crippen LogP contribution in [0.5, 0.6) is 11.5 Å². The van der Waals surface area contributed by atoms with Crippen LogP contribution in [-0.2, 0) is 13.2 Å². The Bertz CT molecular complexity index is 769. The highest BCUT2D eigenvalue weighted by Gasteiger charge is 2.33. The van der Waals surface area contributed by atoms with Crippen LogP contribution in [-0.4, -0.2) is 37.7 Å². The molecule has 1 N–H and O–H groups in total. The van der Waals surface area contributed by atoms with Crippen molar-refractivity contribution in [2.45, 2.75) is 39.0 Å². The summed E-state index contributed by atoms with van der Waals surface area (Å²) in [6.45, 7) is 7.30. The molecular formula is C23H30N2O2. The lowest BCUT2D eigenvalue weighted by Crippen LogP contribution is -2.55. The first-order valence-electron chi connectivity index (χ1n) is 10.0. The molecule has 2 aromatic carbocycles. The molecule has 1 atom stereocenters. The molecule has 3 fully saturated rings. The lowest BCUT2D eigenvalue weighted by Gasteiger charge is -2.45. The molecule has 3 aliphatic rings. The van der Waals surface area contributed by atoms with E-state index in [0.29, 0.717) is 12.6 Å². The van der Waals surface area contributed by atoms with E-state index >= 15 is 0 Å². The predicted octanol–water partition coefficient (Wildman–Crippen LogP) is 3.77. The summed E-state index contributed by atoms with van der Waals surface area (Å²) >= 11 is 0. The van der Waals surface area contributed by atoms with Gasteiger partial charge >= 0.3 is 0 Å². The third-order valence-electron chi connectivity index (χ3n) is 6.10. The Morgan fingerprint density at radius 3 is 2.59 bits per heavy atom. The molecule has 3 heterocycles. The van der Waals surface area contributed by atoms with E-state index in [2.05, 4.69) is 47.5 Å². The molecule has 4 heteroatoms. The normalized spacial score (nSPS) is 24.0. The van der Waals surface area contributed by atoms with Crippen molar-refractivity contribution in [2.75, 3.05) is 26.7 Å². The van der Waals surface area contributed by atoms with Crippen LogP contribution in [0.1, 0.15) is 29.5 Å². The van der Waals surface area contributed by atoms with Crippen molar-refractivity contribution in [2.24, 2.45) is 5.92 Å². The lowest BCUT2D eigenvalue weighted by atomic mass is 9.84. The third-order valence-corrected chi connectivity index (χ3v) is 6.10.